The van der Waals surface area contributed by atoms with Crippen molar-refractivity contribution in [1.82, 2.24) is 10.6 Å². The molecule has 1 saturated heterocycles. The largest absolute Gasteiger partial charge is 0.380 e. The Balaban J connectivity index is 2.37. The number of ether oxygens (including phenoxy) is 1. The lowest BCUT2D eigenvalue weighted by molar-refractivity contribution is -0.124. The van der Waals surface area contributed by atoms with Gasteiger partial charge in [-0.05, 0) is 32.2 Å². The third-order valence-corrected chi connectivity index (χ3v) is 3.01. The highest BCUT2D eigenvalue weighted by Crippen LogP contribution is 2.07. The van der Waals surface area contributed by atoms with E-state index in [0.717, 1.165) is 19.4 Å². The van der Waals surface area contributed by atoms with E-state index in [1.807, 2.05) is 6.92 Å². The molecule has 0 bridgehead atoms. The lowest BCUT2D eigenvalue weighted by Gasteiger charge is -2.23. The molecule has 1 heterocycles. The second-order valence-corrected chi connectivity index (χ2v) is 4.67. The molecule has 1 fully saturated rings. The predicted molar refractivity (Wildman–Crippen MR) is 64.3 cm³/mol. The predicted octanol–water partition coefficient (Wildman–Crippen LogP) is 0.916. The minimum absolute atomic E-state index is 0.00266. The third-order valence-electron chi connectivity index (χ3n) is 3.01. The van der Waals surface area contributed by atoms with Crippen LogP contribution >= 0.6 is 0 Å². The molecule has 0 aromatic heterocycles. The van der Waals surface area contributed by atoms with Crippen LogP contribution in [0.2, 0.25) is 0 Å². The van der Waals surface area contributed by atoms with E-state index < -0.39 is 0 Å². The van der Waals surface area contributed by atoms with Gasteiger partial charge in [0.05, 0.1) is 18.7 Å². The van der Waals surface area contributed by atoms with Gasteiger partial charge >= 0.3 is 0 Å². The number of hydrogen-bond acceptors (Lipinski definition) is 3. The maximum atomic E-state index is 11.9. The molecule has 94 valence electrons. The van der Waals surface area contributed by atoms with Crippen LogP contribution in [0.1, 0.15) is 33.6 Å². The number of amides is 1. The molecule has 1 aliphatic rings. The van der Waals surface area contributed by atoms with Gasteiger partial charge in [-0.15, -0.1) is 0 Å². The highest BCUT2D eigenvalue weighted by atomic mass is 16.5. The van der Waals surface area contributed by atoms with Gasteiger partial charge in [0.2, 0.25) is 5.91 Å². The minimum Gasteiger partial charge on any atom is -0.380 e. The number of hydrogen-bond donors (Lipinski definition) is 2. The van der Waals surface area contributed by atoms with Crippen LogP contribution in [0.25, 0.3) is 0 Å². The minimum atomic E-state index is 0.00266. The van der Waals surface area contributed by atoms with E-state index in [9.17, 15) is 4.79 Å². The molecule has 1 amide bonds. The Labute approximate surface area is 98.1 Å². The van der Waals surface area contributed by atoms with E-state index in [-0.39, 0.29) is 18.0 Å². The van der Waals surface area contributed by atoms with E-state index in [1.54, 1.807) is 0 Å². The first kappa shape index (κ1) is 13.5. The van der Waals surface area contributed by atoms with Crippen LogP contribution in [-0.2, 0) is 9.53 Å². The molecule has 16 heavy (non-hydrogen) atoms. The van der Waals surface area contributed by atoms with Gasteiger partial charge in [0, 0.05) is 6.61 Å². The first-order chi connectivity index (χ1) is 7.65. The molecular weight excluding hydrogens is 204 g/mol. The van der Waals surface area contributed by atoms with Crippen LogP contribution < -0.4 is 10.6 Å². The first-order valence-electron chi connectivity index (χ1n) is 6.26. The molecule has 1 rings (SSSR count). The van der Waals surface area contributed by atoms with Gasteiger partial charge in [-0.1, -0.05) is 13.8 Å². The van der Waals surface area contributed by atoms with E-state index in [2.05, 4.69) is 24.5 Å². The summed E-state index contributed by atoms with van der Waals surface area (Å²) in [7, 11) is 0. The zero-order valence-corrected chi connectivity index (χ0v) is 10.6. The van der Waals surface area contributed by atoms with Crippen molar-refractivity contribution >= 4 is 5.91 Å². The van der Waals surface area contributed by atoms with Crippen LogP contribution in [0.5, 0.6) is 0 Å². The van der Waals surface area contributed by atoms with Gasteiger partial charge in [0.25, 0.3) is 0 Å². The number of carbonyl (C=O) groups excluding carboxylic acids is 1. The summed E-state index contributed by atoms with van der Waals surface area (Å²) in [6.45, 7) is 8.43. The van der Waals surface area contributed by atoms with Crippen molar-refractivity contribution in [2.24, 2.45) is 5.92 Å². The van der Waals surface area contributed by atoms with Crippen molar-refractivity contribution < 1.29 is 9.53 Å². The normalized spacial score (nSPS) is 22.4. The SMILES string of the molecule is CCOCC(NC(=O)C1CCCN1)C(C)C. The number of rotatable bonds is 6. The molecule has 2 N–H and O–H groups in total. The first-order valence-corrected chi connectivity index (χ1v) is 6.26. The lowest BCUT2D eigenvalue weighted by Crippen LogP contribution is -2.48. The monoisotopic (exact) mass is 228 g/mol. The Hall–Kier alpha value is -0.610. The molecule has 2 atom stereocenters. The second kappa shape index (κ2) is 6.86. The second-order valence-electron chi connectivity index (χ2n) is 4.67. The van der Waals surface area contributed by atoms with E-state index >= 15 is 0 Å². The Kier molecular flexibility index (Phi) is 5.77. The summed E-state index contributed by atoms with van der Waals surface area (Å²) in [6.07, 6.45) is 2.04. The molecule has 2 unspecified atom stereocenters. The highest BCUT2D eigenvalue weighted by Gasteiger charge is 2.25. The average molecular weight is 228 g/mol. The molecule has 0 aromatic carbocycles. The fraction of sp³-hybridized carbons (Fsp3) is 0.917. The fourth-order valence-corrected chi connectivity index (χ4v) is 1.84. The fourth-order valence-electron chi connectivity index (χ4n) is 1.84. The summed E-state index contributed by atoms with van der Waals surface area (Å²) in [4.78, 5) is 11.9. The summed E-state index contributed by atoms with van der Waals surface area (Å²) >= 11 is 0. The van der Waals surface area contributed by atoms with Crippen LogP contribution in [-0.4, -0.2) is 37.7 Å². The maximum absolute atomic E-state index is 11.9. The smallest absolute Gasteiger partial charge is 0.237 e. The van der Waals surface area contributed by atoms with Crippen LogP contribution in [0.3, 0.4) is 0 Å². The molecule has 4 heteroatoms. The Morgan fingerprint density at radius 3 is 2.81 bits per heavy atom. The van der Waals surface area contributed by atoms with Crippen LogP contribution in [0.15, 0.2) is 0 Å². The lowest BCUT2D eigenvalue weighted by atomic mass is 10.0. The molecular formula is C12H24N2O2. The topological polar surface area (TPSA) is 50.4 Å². The molecule has 0 saturated carbocycles. The summed E-state index contributed by atoms with van der Waals surface area (Å²) in [5, 5.41) is 6.27. The van der Waals surface area contributed by atoms with Crippen molar-refractivity contribution in [3.63, 3.8) is 0 Å². The average Bonchev–Trinajstić information content (AvgIpc) is 2.76. The summed E-state index contributed by atoms with van der Waals surface area (Å²) in [5.74, 6) is 0.521. The molecule has 0 aliphatic carbocycles. The molecule has 0 aromatic rings. The summed E-state index contributed by atoms with van der Waals surface area (Å²) in [5.41, 5.74) is 0. The van der Waals surface area contributed by atoms with E-state index in [0.29, 0.717) is 19.1 Å². The van der Waals surface area contributed by atoms with Gasteiger partial charge in [-0.2, -0.15) is 0 Å². The maximum Gasteiger partial charge on any atom is 0.237 e. The number of carbonyl (C=O) groups is 1. The van der Waals surface area contributed by atoms with Gasteiger partial charge in [-0.3, -0.25) is 4.79 Å². The number of nitrogens with one attached hydrogen (secondary N) is 2. The highest BCUT2D eigenvalue weighted by molar-refractivity contribution is 5.82. The van der Waals surface area contributed by atoms with Crippen molar-refractivity contribution in [1.29, 1.82) is 0 Å². The Bertz CT molecular complexity index is 213. The molecule has 0 radical (unpaired) electrons. The molecule has 4 nitrogen and oxygen atoms in total. The zero-order chi connectivity index (χ0) is 12.0. The third kappa shape index (κ3) is 4.10. The van der Waals surface area contributed by atoms with Crippen molar-refractivity contribution in [2.45, 2.75) is 45.7 Å². The standard InChI is InChI=1S/C12H24N2O2/c1-4-16-8-11(9(2)3)14-12(15)10-6-5-7-13-10/h9-11,13H,4-8H2,1-3H3,(H,14,15). The Morgan fingerprint density at radius 2 is 2.31 bits per heavy atom. The zero-order valence-electron chi connectivity index (χ0n) is 10.6. The molecule has 1 aliphatic heterocycles. The van der Waals surface area contributed by atoms with Crippen molar-refractivity contribution in [2.75, 3.05) is 19.8 Å². The van der Waals surface area contributed by atoms with Gasteiger partial charge in [0.15, 0.2) is 0 Å². The summed E-state index contributed by atoms with van der Waals surface area (Å²) < 4.78 is 5.39. The summed E-state index contributed by atoms with van der Waals surface area (Å²) in [6, 6.07) is 0.123. The van der Waals surface area contributed by atoms with Gasteiger partial charge < -0.3 is 15.4 Å². The van der Waals surface area contributed by atoms with Crippen molar-refractivity contribution in [3.05, 3.63) is 0 Å². The van der Waals surface area contributed by atoms with Gasteiger partial charge in [-0.25, -0.2) is 0 Å². The van der Waals surface area contributed by atoms with Crippen LogP contribution in [0, 0.1) is 5.92 Å². The van der Waals surface area contributed by atoms with E-state index in [1.165, 1.54) is 0 Å². The van der Waals surface area contributed by atoms with Gasteiger partial charge in [0.1, 0.15) is 0 Å². The van der Waals surface area contributed by atoms with E-state index in [4.69, 9.17) is 4.74 Å². The van der Waals surface area contributed by atoms with Crippen molar-refractivity contribution in [3.8, 4) is 0 Å². The quantitative estimate of drug-likeness (QED) is 0.710. The molecule has 0 spiro atoms. The van der Waals surface area contributed by atoms with Crippen LogP contribution in [0.4, 0.5) is 0 Å². The Morgan fingerprint density at radius 1 is 1.56 bits per heavy atom.